The Morgan fingerprint density at radius 2 is 1.77 bits per heavy atom. The maximum absolute atomic E-state index is 12.4. The fourth-order valence-electron chi connectivity index (χ4n) is 3.73. The van der Waals surface area contributed by atoms with Crippen LogP contribution < -0.4 is 0 Å². The SMILES string of the molecule is CN(C(=O)CCN1CCN(Cc2ccccc2)CC1)C1CCS(=O)(=O)C1. The van der Waals surface area contributed by atoms with E-state index in [2.05, 4.69) is 34.1 Å². The van der Waals surface area contributed by atoms with E-state index in [-0.39, 0.29) is 23.5 Å². The van der Waals surface area contributed by atoms with Gasteiger partial charge in [0.05, 0.1) is 11.5 Å². The lowest BCUT2D eigenvalue weighted by molar-refractivity contribution is -0.132. The molecule has 1 amide bonds. The van der Waals surface area contributed by atoms with E-state index in [4.69, 9.17) is 0 Å². The summed E-state index contributed by atoms with van der Waals surface area (Å²) in [4.78, 5) is 18.8. The van der Waals surface area contributed by atoms with Crippen LogP contribution in [0.25, 0.3) is 0 Å². The Labute approximate surface area is 156 Å². The largest absolute Gasteiger partial charge is 0.342 e. The Kier molecular flexibility index (Phi) is 6.32. The van der Waals surface area contributed by atoms with E-state index < -0.39 is 9.84 Å². The number of amides is 1. The number of nitrogens with zero attached hydrogens (tertiary/aromatic N) is 3. The first-order valence-corrected chi connectivity index (χ1v) is 11.2. The Bertz CT molecular complexity index is 700. The second kappa shape index (κ2) is 8.50. The minimum absolute atomic E-state index is 0.0545. The third kappa shape index (κ3) is 5.28. The van der Waals surface area contributed by atoms with Crippen LogP contribution in [0.3, 0.4) is 0 Å². The van der Waals surface area contributed by atoms with Gasteiger partial charge in [-0.3, -0.25) is 9.69 Å². The van der Waals surface area contributed by atoms with Crippen molar-refractivity contribution < 1.29 is 13.2 Å². The van der Waals surface area contributed by atoms with Crippen LogP contribution in [0.5, 0.6) is 0 Å². The summed E-state index contributed by atoms with van der Waals surface area (Å²) in [6, 6.07) is 10.4. The van der Waals surface area contributed by atoms with E-state index in [0.29, 0.717) is 12.8 Å². The molecule has 0 bridgehead atoms. The zero-order valence-corrected chi connectivity index (χ0v) is 16.3. The molecule has 2 aliphatic heterocycles. The molecule has 0 aliphatic carbocycles. The topological polar surface area (TPSA) is 60.9 Å². The first kappa shape index (κ1) is 19.3. The van der Waals surface area contributed by atoms with Crippen molar-refractivity contribution >= 4 is 15.7 Å². The molecule has 2 saturated heterocycles. The molecule has 0 saturated carbocycles. The first-order valence-electron chi connectivity index (χ1n) is 9.38. The minimum atomic E-state index is -2.95. The van der Waals surface area contributed by atoms with Crippen molar-refractivity contribution in [3.05, 3.63) is 35.9 Å². The standard InChI is InChI=1S/C19H29N3O3S/c1-20(18-8-14-26(24,25)16-18)19(23)7-9-21-10-12-22(13-11-21)15-17-5-3-2-4-6-17/h2-6,18H,7-16H2,1H3. The van der Waals surface area contributed by atoms with Crippen LogP contribution in [-0.2, 0) is 21.2 Å². The summed E-state index contributed by atoms with van der Waals surface area (Å²) in [7, 11) is -1.21. The maximum Gasteiger partial charge on any atom is 0.223 e. The van der Waals surface area contributed by atoms with Gasteiger partial charge in [-0.05, 0) is 12.0 Å². The van der Waals surface area contributed by atoms with Crippen molar-refractivity contribution in [3.8, 4) is 0 Å². The van der Waals surface area contributed by atoms with Gasteiger partial charge in [0.25, 0.3) is 0 Å². The predicted molar refractivity (Wildman–Crippen MR) is 103 cm³/mol. The lowest BCUT2D eigenvalue weighted by Crippen LogP contribution is -2.47. The molecule has 1 unspecified atom stereocenters. The molecule has 6 nitrogen and oxygen atoms in total. The number of carbonyl (C=O) groups excluding carboxylic acids is 1. The quantitative estimate of drug-likeness (QED) is 0.733. The molecule has 1 aromatic rings. The number of hydrogen-bond acceptors (Lipinski definition) is 5. The predicted octanol–water partition coefficient (Wildman–Crippen LogP) is 0.840. The Morgan fingerprint density at radius 3 is 2.38 bits per heavy atom. The average Bonchev–Trinajstić information content (AvgIpc) is 3.01. The highest BCUT2D eigenvalue weighted by Gasteiger charge is 2.32. The summed E-state index contributed by atoms with van der Waals surface area (Å²) in [5, 5.41) is 0. The Morgan fingerprint density at radius 1 is 1.12 bits per heavy atom. The molecule has 26 heavy (non-hydrogen) atoms. The summed E-state index contributed by atoms with van der Waals surface area (Å²) in [6.45, 7) is 5.71. The van der Waals surface area contributed by atoms with E-state index in [1.807, 2.05) is 6.07 Å². The first-order chi connectivity index (χ1) is 12.4. The summed E-state index contributed by atoms with van der Waals surface area (Å²) in [5.41, 5.74) is 1.34. The molecule has 0 N–H and O–H groups in total. The number of sulfone groups is 1. The van der Waals surface area contributed by atoms with Gasteiger partial charge in [-0.25, -0.2) is 8.42 Å². The van der Waals surface area contributed by atoms with E-state index >= 15 is 0 Å². The fraction of sp³-hybridized carbons (Fsp3) is 0.632. The monoisotopic (exact) mass is 379 g/mol. The highest BCUT2D eigenvalue weighted by Crippen LogP contribution is 2.17. The molecule has 0 spiro atoms. The number of carbonyl (C=O) groups is 1. The van der Waals surface area contributed by atoms with Gasteiger partial charge in [0.1, 0.15) is 0 Å². The van der Waals surface area contributed by atoms with Crippen molar-refractivity contribution in [1.29, 1.82) is 0 Å². The zero-order chi connectivity index (χ0) is 18.6. The molecule has 0 aromatic heterocycles. The summed E-state index contributed by atoms with van der Waals surface area (Å²) in [6.07, 6.45) is 1.04. The van der Waals surface area contributed by atoms with Crippen molar-refractivity contribution in [3.63, 3.8) is 0 Å². The van der Waals surface area contributed by atoms with Crippen LogP contribution in [0.15, 0.2) is 30.3 Å². The van der Waals surface area contributed by atoms with Gasteiger partial charge in [0.2, 0.25) is 5.91 Å². The molecule has 1 aromatic carbocycles. The van der Waals surface area contributed by atoms with Crippen molar-refractivity contribution in [2.75, 3.05) is 51.3 Å². The average molecular weight is 380 g/mol. The lowest BCUT2D eigenvalue weighted by Gasteiger charge is -2.35. The van der Waals surface area contributed by atoms with Crippen LogP contribution >= 0.6 is 0 Å². The Balaban J connectivity index is 1.37. The molecule has 0 radical (unpaired) electrons. The van der Waals surface area contributed by atoms with Crippen LogP contribution in [0.2, 0.25) is 0 Å². The number of hydrogen-bond donors (Lipinski definition) is 0. The third-order valence-corrected chi connectivity index (χ3v) is 7.26. The second-order valence-electron chi connectivity index (χ2n) is 7.41. The highest BCUT2D eigenvalue weighted by molar-refractivity contribution is 7.91. The highest BCUT2D eigenvalue weighted by atomic mass is 32.2. The molecule has 144 valence electrons. The van der Waals surface area contributed by atoms with Crippen molar-refractivity contribution in [2.45, 2.75) is 25.4 Å². The van der Waals surface area contributed by atoms with E-state index in [1.54, 1.807) is 11.9 Å². The number of piperazine rings is 1. The molecular formula is C19H29N3O3S. The molecule has 2 fully saturated rings. The van der Waals surface area contributed by atoms with Crippen LogP contribution in [-0.4, -0.2) is 86.3 Å². The lowest BCUT2D eigenvalue weighted by atomic mass is 10.2. The molecule has 2 aliphatic rings. The second-order valence-corrected chi connectivity index (χ2v) is 9.64. The number of benzene rings is 1. The number of rotatable bonds is 6. The zero-order valence-electron chi connectivity index (χ0n) is 15.5. The van der Waals surface area contributed by atoms with Crippen LogP contribution in [0.4, 0.5) is 0 Å². The molecule has 7 heteroatoms. The van der Waals surface area contributed by atoms with Crippen LogP contribution in [0, 0.1) is 0 Å². The normalized spacial score (nSPS) is 23.8. The smallest absolute Gasteiger partial charge is 0.223 e. The van der Waals surface area contributed by atoms with Gasteiger partial charge >= 0.3 is 0 Å². The van der Waals surface area contributed by atoms with Gasteiger partial charge in [0.15, 0.2) is 9.84 Å². The Hall–Kier alpha value is -1.44. The fourth-order valence-corrected chi connectivity index (χ4v) is 5.50. The van der Waals surface area contributed by atoms with Crippen molar-refractivity contribution in [1.82, 2.24) is 14.7 Å². The van der Waals surface area contributed by atoms with E-state index in [1.165, 1.54) is 5.56 Å². The molecular weight excluding hydrogens is 350 g/mol. The van der Waals surface area contributed by atoms with E-state index in [0.717, 1.165) is 39.3 Å². The van der Waals surface area contributed by atoms with Gasteiger partial charge in [-0.2, -0.15) is 0 Å². The summed E-state index contributed by atoms with van der Waals surface area (Å²) >= 11 is 0. The summed E-state index contributed by atoms with van der Waals surface area (Å²) in [5.74, 6) is 0.380. The van der Waals surface area contributed by atoms with Crippen LogP contribution in [0.1, 0.15) is 18.4 Å². The maximum atomic E-state index is 12.4. The summed E-state index contributed by atoms with van der Waals surface area (Å²) < 4.78 is 23.2. The van der Waals surface area contributed by atoms with Gasteiger partial charge in [-0.1, -0.05) is 30.3 Å². The minimum Gasteiger partial charge on any atom is -0.342 e. The molecule has 1 atom stereocenters. The van der Waals surface area contributed by atoms with Gasteiger partial charge < -0.3 is 9.80 Å². The van der Waals surface area contributed by atoms with E-state index in [9.17, 15) is 13.2 Å². The van der Waals surface area contributed by atoms with Gasteiger partial charge in [-0.15, -0.1) is 0 Å². The van der Waals surface area contributed by atoms with Gasteiger partial charge in [0, 0.05) is 58.8 Å². The molecule has 2 heterocycles. The van der Waals surface area contributed by atoms with Crippen molar-refractivity contribution in [2.24, 2.45) is 0 Å². The molecule has 3 rings (SSSR count). The third-order valence-electron chi connectivity index (χ3n) is 5.51.